The summed E-state index contributed by atoms with van der Waals surface area (Å²) in [4.78, 5) is 17.4. The average Bonchev–Trinajstić information content (AvgIpc) is 2.77. The minimum Gasteiger partial charge on any atom is -0.382 e. The van der Waals surface area contributed by atoms with Crippen molar-refractivity contribution in [1.29, 1.82) is 5.41 Å². The van der Waals surface area contributed by atoms with Gasteiger partial charge in [0.05, 0.1) is 42.5 Å². The lowest BCUT2D eigenvalue weighted by Gasteiger charge is -2.55. The molecule has 1 spiro atoms. The van der Waals surface area contributed by atoms with Crippen LogP contribution < -0.4 is 15.5 Å². The molecule has 0 aromatic carbocycles. The van der Waals surface area contributed by atoms with Gasteiger partial charge in [-0.25, -0.2) is 14.4 Å². The predicted octanol–water partition coefficient (Wildman–Crippen LogP) is 2.90. The lowest BCUT2D eigenvalue weighted by molar-refractivity contribution is -0.171. The number of hydrogen-bond donors (Lipinski definition) is 3. The van der Waals surface area contributed by atoms with E-state index < -0.39 is 6.17 Å². The van der Waals surface area contributed by atoms with Gasteiger partial charge in [-0.1, -0.05) is 0 Å². The first-order chi connectivity index (χ1) is 16.9. The molecule has 0 radical (unpaired) electrons. The van der Waals surface area contributed by atoms with Crippen LogP contribution in [-0.4, -0.2) is 90.5 Å². The third kappa shape index (κ3) is 4.87. The van der Waals surface area contributed by atoms with Gasteiger partial charge in [-0.3, -0.25) is 5.41 Å². The van der Waals surface area contributed by atoms with E-state index in [9.17, 15) is 4.39 Å². The van der Waals surface area contributed by atoms with Gasteiger partial charge >= 0.3 is 0 Å². The van der Waals surface area contributed by atoms with Gasteiger partial charge in [0, 0.05) is 52.7 Å². The van der Waals surface area contributed by atoms with E-state index in [1.165, 1.54) is 0 Å². The van der Waals surface area contributed by atoms with Crippen LogP contribution in [0.5, 0.6) is 0 Å². The molecule has 2 atom stereocenters. The minimum atomic E-state index is -1.08. The number of rotatable bonds is 7. The Morgan fingerprint density at radius 1 is 1.31 bits per heavy atom. The molecule has 5 rings (SSSR count). The average molecular weight is 487 g/mol. The summed E-state index contributed by atoms with van der Waals surface area (Å²) in [5, 5.41) is 15.4. The van der Waals surface area contributed by atoms with E-state index in [1.54, 1.807) is 25.6 Å². The summed E-state index contributed by atoms with van der Waals surface area (Å²) in [7, 11) is 1.54. The van der Waals surface area contributed by atoms with Gasteiger partial charge in [0.25, 0.3) is 0 Å². The summed E-state index contributed by atoms with van der Waals surface area (Å²) >= 11 is 0. The molecule has 3 aliphatic heterocycles. The zero-order chi connectivity index (χ0) is 24.6. The molecule has 3 saturated heterocycles. The van der Waals surface area contributed by atoms with Crippen molar-refractivity contribution in [3.8, 4) is 0 Å². The number of anilines is 4. The van der Waals surface area contributed by atoms with Gasteiger partial charge in [0.15, 0.2) is 0 Å². The molecule has 3 fully saturated rings. The van der Waals surface area contributed by atoms with Crippen molar-refractivity contribution in [3.05, 3.63) is 30.1 Å². The number of methoxy groups -OCH3 is 1. The van der Waals surface area contributed by atoms with Crippen LogP contribution in [0.1, 0.15) is 27.3 Å². The van der Waals surface area contributed by atoms with Crippen LogP contribution in [-0.2, 0) is 9.47 Å². The number of hydrogen-bond acceptors (Lipinski definition) is 9. The van der Waals surface area contributed by atoms with Crippen molar-refractivity contribution >= 4 is 29.1 Å². The predicted molar refractivity (Wildman–Crippen MR) is 135 cm³/mol. The van der Waals surface area contributed by atoms with E-state index in [-0.39, 0.29) is 25.5 Å². The molecule has 35 heavy (non-hydrogen) atoms. The maximum absolute atomic E-state index is 14.4. The molecule has 11 heteroatoms. The Hall–Kier alpha value is -3.05. The second-order valence-corrected chi connectivity index (χ2v) is 10.0. The van der Waals surface area contributed by atoms with Crippen LogP contribution in [0.2, 0.25) is 0 Å². The zero-order valence-electron chi connectivity index (χ0n) is 20.4. The van der Waals surface area contributed by atoms with Gasteiger partial charge in [0.1, 0.15) is 23.6 Å². The molecule has 0 aliphatic carbocycles. The number of nitrogens with one attached hydrogen (secondary N) is 3. The first kappa shape index (κ1) is 23.7. The van der Waals surface area contributed by atoms with Gasteiger partial charge < -0.3 is 29.9 Å². The molecule has 0 bridgehead atoms. The highest BCUT2D eigenvalue weighted by Crippen LogP contribution is 2.39. The SMILES string of the molecule is CO[C@H]1CCN(c2nccc(Nc3cc(NC(C)C)c(C(=N)N4CC5(COC5)C4)cn3)n2)C[C@H]1F.[HH]. The van der Waals surface area contributed by atoms with E-state index in [2.05, 4.69) is 44.3 Å². The molecule has 10 nitrogen and oxygen atoms in total. The molecule has 2 aromatic rings. The van der Waals surface area contributed by atoms with Crippen molar-refractivity contribution in [2.45, 2.75) is 38.6 Å². The lowest BCUT2D eigenvalue weighted by atomic mass is 9.77. The number of pyridine rings is 1. The smallest absolute Gasteiger partial charge is 0.227 e. The molecule has 2 aromatic heterocycles. The highest BCUT2D eigenvalue weighted by molar-refractivity contribution is 6.02. The van der Waals surface area contributed by atoms with E-state index >= 15 is 0 Å². The highest BCUT2D eigenvalue weighted by Gasteiger charge is 2.50. The second-order valence-electron chi connectivity index (χ2n) is 10.0. The normalized spacial score (nSPS) is 23.1. The number of amidine groups is 1. The number of piperidine rings is 1. The van der Waals surface area contributed by atoms with Crippen molar-refractivity contribution in [1.82, 2.24) is 19.9 Å². The summed E-state index contributed by atoms with van der Waals surface area (Å²) in [6.07, 6.45) is 2.50. The van der Waals surface area contributed by atoms with Crippen LogP contribution in [0, 0.1) is 10.8 Å². The van der Waals surface area contributed by atoms with Crippen molar-refractivity contribution in [2.24, 2.45) is 5.41 Å². The number of halogens is 1. The van der Waals surface area contributed by atoms with Gasteiger partial charge in [-0.2, -0.15) is 4.98 Å². The Balaban J connectivity index is 0.00000304. The Morgan fingerprint density at radius 2 is 2.11 bits per heavy atom. The molecule has 190 valence electrons. The maximum Gasteiger partial charge on any atom is 0.227 e. The van der Waals surface area contributed by atoms with E-state index in [1.807, 2.05) is 11.0 Å². The molecule has 0 amide bonds. The van der Waals surface area contributed by atoms with Gasteiger partial charge in [-0.05, 0) is 26.3 Å². The van der Waals surface area contributed by atoms with Crippen molar-refractivity contribution in [3.63, 3.8) is 0 Å². The molecule has 0 saturated carbocycles. The van der Waals surface area contributed by atoms with E-state index in [4.69, 9.17) is 14.9 Å². The molecular weight excluding hydrogens is 451 g/mol. The summed E-state index contributed by atoms with van der Waals surface area (Å²) in [6, 6.07) is 3.84. The fraction of sp³-hybridized carbons (Fsp3) is 0.583. The van der Waals surface area contributed by atoms with Crippen LogP contribution in [0.3, 0.4) is 0 Å². The number of alkyl halides is 1. The monoisotopic (exact) mass is 486 g/mol. The molecular formula is C24H35FN8O2. The van der Waals surface area contributed by atoms with Crippen LogP contribution >= 0.6 is 0 Å². The minimum absolute atomic E-state index is 0. The van der Waals surface area contributed by atoms with Crippen LogP contribution in [0.15, 0.2) is 24.5 Å². The third-order valence-corrected chi connectivity index (χ3v) is 6.75. The molecule has 0 unspecified atom stereocenters. The summed E-state index contributed by atoms with van der Waals surface area (Å²) < 4.78 is 24.9. The zero-order valence-corrected chi connectivity index (χ0v) is 20.4. The third-order valence-electron chi connectivity index (χ3n) is 6.75. The molecule has 5 heterocycles. The largest absolute Gasteiger partial charge is 0.382 e. The van der Waals surface area contributed by atoms with Gasteiger partial charge in [0.2, 0.25) is 5.95 Å². The molecule has 3 aliphatic rings. The topological polar surface area (TPSA) is 112 Å². The Morgan fingerprint density at radius 3 is 2.77 bits per heavy atom. The fourth-order valence-corrected chi connectivity index (χ4v) is 4.84. The highest BCUT2D eigenvalue weighted by atomic mass is 19.1. The second kappa shape index (κ2) is 9.54. The fourth-order valence-electron chi connectivity index (χ4n) is 4.84. The number of nitrogens with zero attached hydrogens (tertiary/aromatic N) is 5. The van der Waals surface area contributed by atoms with Crippen molar-refractivity contribution < 1.29 is 15.3 Å². The summed E-state index contributed by atoms with van der Waals surface area (Å²) in [5.41, 5.74) is 1.83. The number of likely N-dealkylation sites (tertiary alicyclic amines) is 1. The standard InChI is InChI=1S/C24H33FN8O2.H2/c1-15(2)29-18-8-21(28-9-16(18)22(26)33-11-24(12-33)13-35-14-24)30-20-4-6-27-23(31-20)32-7-5-19(34-3)17(25)10-32;/h4,6,8-9,15,17,19,26H,5,7,10-14H2,1-3H3,(H2,27,28,29,30,31);1H/t17-,19+;/m1./s1. The maximum atomic E-state index is 14.4. The van der Waals surface area contributed by atoms with Crippen LogP contribution in [0.4, 0.5) is 27.7 Å². The lowest BCUT2D eigenvalue weighted by Crippen LogP contribution is -2.67. The molecule has 3 N–H and O–H groups in total. The quantitative estimate of drug-likeness (QED) is 0.402. The number of ether oxygens (including phenoxy) is 2. The van der Waals surface area contributed by atoms with Crippen molar-refractivity contribution in [2.75, 3.05) is 62.0 Å². The first-order valence-corrected chi connectivity index (χ1v) is 12.1. The Bertz CT molecular complexity index is 1080. The van der Waals surface area contributed by atoms with Crippen LogP contribution in [0.25, 0.3) is 0 Å². The Kier molecular flexibility index (Phi) is 6.45. The van der Waals surface area contributed by atoms with Gasteiger partial charge in [-0.15, -0.1) is 0 Å². The summed E-state index contributed by atoms with van der Waals surface area (Å²) in [6.45, 7) is 8.21. The van der Waals surface area contributed by atoms with E-state index in [0.717, 1.165) is 37.6 Å². The van der Waals surface area contributed by atoms with E-state index in [0.29, 0.717) is 36.4 Å². The Labute approximate surface area is 206 Å². The first-order valence-electron chi connectivity index (χ1n) is 12.1. The summed E-state index contributed by atoms with van der Waals surface area (Å²) in [5.74, 6) is 2.11. The number of aromatic nitrogens is 3.